The van der Waals surface area contributed by atoms with Crippen LogP contribution < -0.4 is 10.9 Å². The first-order chi connectivity index (χ1) is 15.4. The molecule has 2 aromatic heterocycles. The fourth-order valence-electron chi connectivity index (χ4n) is 4.13. The molecule has 1 saturated heterocycles. The lowest BCUT2D eigenvalue weighted by Crippen LogP contribution is -2.47. The molecule has 1 aromatic carbocycles. The highest BCUT2D eigenvalue weighted by Crippen LogP contribution is 2.20. The number of carbonyl (C=O) groups excluding carboxylic acids is 1. The van der Waals surface area contributed by atoms with Crippen molar-refractivity contribution >= 4 is 16.8 Å². The molecule has 1 N–H and O–H groups in total. The number of fused-ring (bicyclic) bond motifs is 1. The number of likely N-dealkylation sites (N-methyl/N-ethyl adjacent to an activating group) is 1. The molecule has 9 heteroatoms. The van der Waals surface area contributed by atoms with Crippen LogP contribution in [0.2, 0.25) is 0 Å². The van der Waals surface area contributed by atoms with Crippen molar-refractivity contribution in [1.82, 2.24) is 34.7 Å². The van der Waals surface area contributed by atoms with E-state index < -0.39 is 6.04 Å². The second-order valence-corrected chi connectivity index (χ2v) is 8.50. The summed E-state index contributed by atoms with van der Waals surface area (Å²) in [7, 11) is 2.12. The SMILES string of the molecule is Cc1nn(C(C)C(=O)NCCN2CCN(C)CC2)c(=O)c2c(C)n(-c3ccccc3)nc12. The molecule has 1 aliphatic rings. The summed E-state index contributed by atoms with van der Waals surface area (Å²) in [4.78, 5) is 30.7. The maximum atomic E-state index is 13.3. The number of nitrogens with zero attached hydrogens (tertiary/aromatic N) is 6. The van der Waals surface area contributed by atoms with Crippen molar-refractivity contribution in [2.75, 3.05) is 46.3 Å². The van der Waals surface area contributed by atoms with Gasteiger partial charge in [-0.2, -0.15) is 10.2 Å². The molecular weight excluding hydrogens is 406 g/mol. The van der Waals surface area contributed by atoms with E-state index in [1.807, 2.05) is 44.2 Å². The van der Waals surface area contributed by atoms with Crippen LogP contribution in [0.1, 0.15) is 24.4 Å². The second-order valence-electron chi connectivity index (χ2n) is 8.50. The lowest BCUT2D eigenvalue weighted by atomic mass is 10.2. The van der Waals surface area contributed by atoms with Crippen LogP contribution in [0, 0.1) is 13.8 Å². The Morgan fingerprint density at radius 1 is 1.09 bits per heavy atom. The topological polar surface area (TPSA) is 88.3 Å². The number of para-hydroxylation sites is 1. The van der Waals surface area contributed by atoms with Gasteiger partial charge in [0.25, 0.3) is 5.56 Å². The number of amides is 1. The lowest BCUT2D eigenvalue weighted by Gasteiger charge is -2.32. The maximum absolute atomic E-state index is 13.3. The van der Waals surface area contributed by atoms with Crippen LogP contribution in [0.25, 0.3) is 16.6 Å². The number of hydrogen-bond donors (Lipinski definition) is 1. The summed E-state index contributed by atoms with van der Waals surface area (Å²) in [6, 6.07) is 8.97. The summed E-state index contributed by atoms with van der Waals surface area (Å²) in [6.45, 7) is 10.8. The van der Waals surface area contributed by atoms with Gasteiger partial charge < -0.3 is 10.2 Å². The van der Waals surface area contributed by atoms with Gasteiger partial charge in [-0.15, -0.1) is 0 Å². The Kier molecular flexibility index (Phi) is 6.38. The van der Waals surface area contributed by atoms with Crippen LogP contribution in [0.3, 0.4) is 0 Å². The first-order valence-electron chi connectivity index (χ1n) is 11.1. The summed E-state index contributed by atoms with van der Waals surface area (Å²) in [6.07, 6.45) is 0. The Bertz CT molecular complexity index is 1160. The molecule has 4 rings (SSSR count). The van der Waals surface area contributed by atoms with Crippen molar-refractivity contribution in [3.8, 4) is 5.69 Å². The molecule has 3 aromatic rings. The molecule has 1 amide bonds. The molecule has 9 nitrogen and oxygen atoms in total. The van der Waals surface area contributed by atoms with Crippen LogP contribution in [0.5, 0.6) is 0 Å². The van der Waals surface area contributed by atoms with Gasteiger partial charge in [0.05, 0.1) is 22.5 Å². The fourth-order valence-corrected chi connectivity index (χ4v) is 4.13. The molecule has 1 unspecified atom stereocenters. The molecule has 3 heterocycles. The maximum Gasteiger partial charge on any atom is 0.278 e. The third-order valence-electron chi connectivity index (χ3n) is 6.21. The predicted octanol–water partition coefficient (Wildman–Crippen LogP) is 1.12. The highest BCUT2D eigenvalue weighted by Gasteiger charge is 2.23. The molecule has 1 atom stereocenters. The van der Waals surface area contributed by atoms with Gasteiger partial charge in [0, 0.05) is 39.3 Å². The molecule has 1 aliphatic heterocycles. The van der Waals surface area contributed by atoms with Crippen LogP contribution in [-0.4, -0.2) is 81.6 Å². The zero-order chi connectivity index (χ0) is 22.8. The van der Waals surface area contributed by atoms with Crippen molar-refractivity contribution in [1.29, 1.82) is 0 Å². The van der Waals surface area contributed by atoms with E-state index in [-0.39, 0.29) is 11.5 Å². The van der Waals surface area contributed by atoms with Crippen molar-refractivity contribution < 1.29 is 4.79 Å². The van der Waals surface area contributed by atoms with E-state index in [2.05, 4.69) is 32.4 Å². The molecule has 0 spiro atoms. The summed E-state index contributed by atoms with van der Waals surface area (Å²) >= 11 is 0. The van der Waals surface area contributed by atoms with E-state index >= 15 is 0 Å². The van der Waals surface area contributed by atoms with Crippen molar-refractivity contribution in [2.45, 2.75) is 26.8 Å². The monoisotopic (exact) mass is 437 g/mol. The standard InChI is InChI=1S/C23H31N7O2/c1-16-21-20(17(2)29(26-21)19-8-6-5-7-9-19)23(32)30(25-16)18(3)22(31)24-10-11-28-14-12-27(4)13-15-28/h5-9,18H,10-15H2,1-4H3,(H,24,31). The molecule has 1 fully saturated rings. The molecule has 0 saturated carbocycles. The average Bonchev–Trinajstić information content (AvgIpc) is 3.15. The highest BCUT2D eigenvalue weighted by molar-refractivity contribution is 5.84. The third kappa shape index (κ3) is 4.31. The first kappa shape index (κ1) is 22.2. The number of piperazine rings is 1. The van der Waals surface area contributed by atoms with Crippen molar-refractivity contribution in [2.24, 2.45) is 0 Å². The Balaban J connectivity index is 1.53. The molecular formula is C23H31N7O2. The van der Waals surface area contributed by atoms with Gasteiger partial charge in [-0.25, -0.2) is 9.36 Å². The number of rotatable bonds is 6. The average molecular weight is 438 g/mol. The molecule has 32 heavy (non-hydrogen) atoms. The highest BCUT2D eigenvalue weighted by atomic mass is 16.2. The van der Waals surface area contributed by atoms with Gasteiger partial charge in [-0.1, -0.05) is 18.2 Å². The van der Waals surface area contributed by atoms with E-state index in [1.54, 1.807) is 11.6 Å². The Morgan fingerprint density at radius 3 is 2.47 bits per heavy atom. The number of aromatic nitrogens is 4. The van der Waals surface area contributed by atoms with E-state index in [0.29, 0.717) is 23.1 Å². The Morgan fingerprint density at radius 2 is 1.78 bits per heavy atom. The smallest absolute Gasteiger partial charge is 0.278 e. The second kappa shape index (κ2) is 9.22. The number of hydrogen-bond acceptors (Lipinski definition) is 6. The third-order valence-corrected chi connectivity index (χ3v) is 6.21. The Hall–Kier alpha value is -3.04. The van der Waals surface area contributed by atoms with Crippen molar-refractivity contribution in [3.63, 3.8) is 0 Å². The summed E-state index contributed by atoms with van der Waals surface area (Å²) in [5, 5.41) is 12.5. The number of benzene rings is 1. The summed E-state index contributed by atoms with van der Waals surface area (Å²) in [5.74, 6) is -0.208. The van der Waals surface area contributed by atoms with Crippen LogP contribution in [-0.2, 0) is 4.79 Å². The normalized spacial score (nSPS) is 16.4. The minimum atomic E-state index is -0.711. The largest absolute Gasteiger partial charge is 0.353 e. The van der Waals surface area contributed by atoms with E-state index in [1.165, 1.54) is 4.68 Å². The van der Waals surface area contributed by atoms with Gasteiger partial charge in [-0.05, 0) is 40.0 Å². The summed E-state index contributed by atoms with van der Waals surface area (Å²) in [5.41, 5.74) is 2.50. The molecule has 170 valence electrons. The molecule has 0 radical (unpaired) electrons. The first-order valence-corrected chi connectivity index (χ1v) is 11.1. The van der Waals surface area contributed by atoms with Crippen LogP contribution in [0.4, 0.5) is 0 Å². The number of nitrogens with one attached hydrogen (secondary N) is 1. The van der Waals surface area contributed by atoms with Crippen LogP contribution >= 0.6 is 0 Å². The van der Waals surface area contributed by atoms with Crippen LogP contribution in [0.15, 0.2) is 35.1 Å². The van der Waals surface area contributed by atoms with Gasteiger partial charge >= 0.3 is 0 Å². The summed E-state index contributed by atoms with van der Waals surface area (Å²) < 4.78 is 3.04. The lowest BCUT2D eigenvalue weighted by molar-refractivity contribution is -0.124. The van der Waals surface area contributed by atoms with Gasteiger partial charge in [0.15, 0.2) is 0 Å². The van der Waals surface area contributed by atoms with Crippen molar-refractivity contribution in [3.05, 3.63) is 52.1 Å². The quantitative estimate of drug-likeness (QED) is 0.622. The fraction of sp³-hybridized carbons (Fsp3) is 0.478. The van der Waals surface area contributed by atoms with Gasteiger partial charge in [-0.3, -0.25) is 14.5 Å². The zero-order valence-electron chi connectivity index (χ0n) is 19.2. The Labute approximate surface area is 187 Å². The predicted molar refractivity (Wildman–Crippen MR) is 124 cm³/mol. The van der Waals surface area contributed by atoms with Gasteiger partial charge in [0.2, 0.25) is 5.91 Å². The van der Waals surface area contributed by atoms with E-state index in [4.69, 9.17) is 0 Å². The molecule has 0 aliphatic carbocycles. The minimum Gasteiger partial charge on any atom is -0.353 e. The van der Waals surface area contributed by atoms with Gasteiger partial charge in [0.1, 0.15) is 11.6 Å². The molecule has 0 bridgehead atoms. The minimum absolute atomic E-state index is 0.208. The van der Waals surface area contributed by atoms with E-state index in [0.717, 1.165) is 44.1 Å². The number of aryl methyl sites for hydroxylation is 2. The zero-order valence-corrected chi connectivity index (χ0v) is 19.2. The van der Waals surface area contributed by atoms with E-state index in [9.17, 15) is 9.59 Å². The number of carbonyl (C=O) groups is 1.